The summed E-state index contributed by atoms with van der Waals surface area (Å²) in [4.78, 5) is 2.53. The molecule has 0 aromatic heterocycles. The summed E-state index contributed by atoms with van der Waals surface area (Å²) in [6, 6.07) is 15.6. The Balaban J connectivity index is 1.47. The lowest BCUT2D eigenvalue weighted by Gasteiger charge is -2.33. The van der Waals surface area contributed by atoms with Crippen LogP contribution in [0.5, 0.6) is 0 Å². The third-order valence-corrected chi connectivity index (χ3v) is 5.48. The first-order valence-corrected chi connectivity index (χ1v) is 9.84. The van der Waals surface area contributed by atoms with Crippen LogP contribution in [0.3, 0.4) is 0 Å². The highest BCUT2D eigenvalue weighted by Gasteiger charge is 2.20. The van der Waals surface area contributed by atoms with Gasteiger partial charge in [-0.1, -0.05) is 36.4 Å². The van der Waals surface area contributed by atoms with E-state index in [9.17, 15) is 0 Å². The highest BCUT2D eigenvalue weighted by atomic mass is 32.1. The maximum atomic E-state index is 5.55. The topological polar surface area (TPSA) is 27.3 Å². The molecule has 1 heterocycles. The third kappa shape index (κ3) is 5.05. The molecular weight excluding hydrogens is 338 g/mol. The molecule has 0 spiro atoms. The molecule has 1 saturated heterocycles. The van der Waals surface area contributed by atoms with E-state index in [0.29, 0.717) is 6.04 Å². The zero-order valence-electron chi connectivity index (χ0n) is 16.0. The third-order valence-electron chi connectivity index (χ3n) is 5.26. The van der Waals surface area contributed by atoms with Crippen molar-refractivity contribution in [1.82, 2.24) is 10.2 Å². The second kappa shape index (κ2) is 8.65. The summed E-state index contributed by atoms with van der Waals surface area (Å²) < 4.78 is 0. The number of hydrogen-bond donors (Lipinski definition) is 2. The lowest BCUT2D eigenvalue weighted by Crippen LogP contribution is -2.45. The molecule has 0 unspecified atom stereocenters. The van der Waals surface area contributed by atoms with Gasteiger partial charge in [-0.25, -0.2) is 0 Å². The average molecular weight is 368 g/mol. The molecule has 3 nitrogen and oxygen atoms in total. The summed E-state index contributed by atoms with van der Waals surface area (Å²) in [5.74, 6) is 0. The van der Waals surface area contributed by atoms with E-state index in [0.717, 1.165) is 43.3 Å². The van der Waals surface area contributed by atoms with E-state index in [1.165, 1.54) is 22.3 Å². The molecule has 1 aliphatic rings. The summed E-state index contributed by atoms with van der Waals surface area (Å²) in [6.07, 6.45) is 2.25. The Labute approximate surface area is 162 Å². The normalized spacial score (nSPS) is 15.7. The van der Waals surface area contributed by atoms with Gasteiger partial charge in [-0.05, 0) is 74.2 Å². The summed E-state index contributed by atoms with van der Waals surface area (Å²) in [5, 5.41) is 7.62. The Morgan fingerprint density at radius 2 is 1.65 bits per heavy atom. The Hall–Kier alpha value is -1.91. The number of hydrogen-bond acceptors (Lipinski definition) is 2. The second-order valence-electron chi connectivity index (χ2n) is 7.39. The Morgan fingerprint density at radius 3 is 2.35 bits per heavy atom. The molecule has 0 saturated carbocycles. The molecule has 0 aliphatic carbocycles. The standard InChI is InChI=1S/C22H29N3S/c1-16-13-18(3)21(14-17(16)2)24-22(26)23-20-9-11-25(12-10-20)15-19-7-5-4-6-8-19/h4-8,13-14,20H,9-12,15H2,1-3H3,(H2,23,24,26). The van der Waals surface area contributed by atoms with Crippen molar-refractivity contribution in [1.29, 1.82) is 0 Å². The molecule has 0 amide bonds. The minimum absolute atomic E-state index is 0.453. The van der Waals surface area contributed by atoms with Gasteiger partial charge in [0.2, 0.25) is 0 Å². The van der Waals surface area contributed by atoms with Crippen molar-refractivity contribution in [3.63, 3.8) is 0 Å². The first-order chi connectivity index (χ1) is 12.5. The van der Waals surface area contributed by atoms with Crippen LogP contribution in [0, 0.1) is 20.8 Å². The molecule has 2 N–H and O–H groups in total. The van der Waals surface area contributed by atoms with Crippen LogP contribution in [0.4, 0.5) is 5.69 Å². The number of nitrogens with zero attached hydrogens (tertiary/aromatic N) is 1. The van der Waals surface area contributed by atoms with Crippen LogP contribution >= 0.6 is 12.2 Å². The molecule has 3 rings (SSSR count). The average Bonchev–Trinajstić information content (AvgIpc) is 2.62. The van der Waals surface area contributed by atoms with Crippen molar-refractivity contribution in [3.05, 3.63) is 64.7 Å². The van der Waals surface area contributed by atoms with Crippen LogP contribution in [0.2, 0.25) is 0 Å². The Bertz CT molecular complexity index is 749. The highest BCUT2D eigenvalue weighted by molar-refractivity contribution is 7.80. The largest absolute Gasteiger partial charge is 0.360 e. The SMILES string of the molecule is Cc1cc(C)c(NC(=S)NC2CCN(Cc3ccccc3)CC2)cc1C. The number of thiocarbonyl (C=S) groups is 1. The number of aryl methyl sites for hydroxylation is 3. The van der Waals surface area contributed by atoms with Gasteiger partial charge < -0.3 is 10.6 Å². The molecule has 0 bridgehead atoms. The van der Waals surface area contributed by atoms with Gasteiger partial charge in [0.1, 0.15) is 0 Å². The van der Waals surface area contributed by atoms with Crippen LogP contribution < -0.4 is 10.6 Å². The molecule has 138 valence electrons. The summed E-state index contributed by atoms with van der Waals surface area (Å²) in [5.41, 5.74) is 6.33. The first-order valence-electron chi connectivity index (χ1n) is 9.43. The van der Waals surface area contributed by atoms with Gasteiger partial charge in [-0.3, -0.25) is 4.90 Å². The van der Waals surface area contributed by atoms with E-state index < -0.39 is 0 Å². The fraction of sp³-hybridized carbons (Fsp3) is 0.409. The Kier molecular flexibility index (Phi) is 6.28. The fourth-order valence-corrected chi connectivity index (χ4v) is 3.79. The zero-order chi connectivity index (χ0) is 18.5. The van der Waals surface area contributed by atoms with Crippen molar-refractivity contribution in [2.24, 2.45) is 0 Å². The number of anilines is 1. The van der Waals surface area contributed by atoms with Gasteiger partial charge in [-0.15, -0.1) is 0 Å². The number of piperidine rings is 1. The van der Waals surface area contributed by atoms with Crippen LogP contribution in [-0.4, -0.2) is 29.1 Å². The maximum Gasteiger partial charge on any atom is 0.171 e. The van der Waals surface area contributed by atoms with Crippen molar-refractivity contribution in [2.75, 3.05) is 18.4 Å². The lowest BCUT2D eigenvalue weighted by atomic mass is 10.0. The van der Waals surface area contributed by atoms with Crippen molar-refractivity contribution in [2.45, 2.75) is 46.2 Å². The molecule has 2 aromatic rings. The van der Waals surface area contributed by atoms with Crippen LogP contribution in [0.25, 0.3) is 0 Å². The summed E-state index contributed by atoms with van der Waals surface area (Å²) in [7, 11) is 0. The zero-order valence-corrected chi connectivity index (χ0v) is 16.8. The van der Waals surface area contributed by atoms with Gasteiger partial charge >= 0.3 is 0 Å². The smallest absolute Gasteiger partial charge is 0.171 e. The van der Waals surface area contributed by atoms with Crippen LogP contribution in [0.1, 0.15) is 35.1 Å². The van der Waals surface area contributed by atoms with Crippen molar-refractivity contribution in [3.8, 4) is 0 Å². The Morgan fingerprint density at radius 1 is 1.00 bits per heavy atom. The highest BCUT2D eigenvalue weighted by Crippen LogP contribution is 2.20. The number of rotatable bonds is 4. The predicted octanol–water partition coefficient (Wildman–Crippen LogP) is 4.56. The molecule has 0 radical (unpaired) electrons. The molecule has 4 heteroatoms. The first kappa shape index (κ1) is 18.9. The fourth-order valence-electron chi connectivity index (χ4n) is 3.52. The number of likely N-dealkylation sites (tertiary alicyclic amines) is 1. The number of benzene rings is 2. The van der Waals surface area contributed by atoms with Crippen LogP contribution in [0.15, 0.2) is 42.5 Å². The molecule has 26 heavy (non-hydrogen) atoms. The lowest BCUT2D eigenvalue weighted by molar-refractivity contribution is 0.199. The van der Waals surface area contributed by atoms with Gasteiger partial charge in [0, 0.05) is 31.4 Å². The second-order valence-corrected chi connectivity index (χ2v) is 7.79. The monoisotopic (exact) mass is 367 g/mol. The van der Waals surface area contributed by atoms with Crippen molar-refractivity contribution >= 4 is 23.0 Å². The molecule has 1 fully saturated rings. The summed E-state index contributed by atoms with van der Waals surface area (Å²) in [6.45, 7) is 9.66. The van der Waals surface area contributed by atoms with E-state index in [-0.39, 0.29) is 0 Å². The minimum Gasteiger partial charge on any atom is -0.360 e. The van der Waals surface area contributed by atoms with E-state index in [2.05, 4.69) is 78.8 Å². The number of nitrogens with one attached hydrogen (secondary N) is 2. The summed E-state index contributed by atoms with van der Waals surface area (Å²) >= 11 is 5.55. The van der Waals surface area contributed by atoms with Gasteiger partial charge in [0.25, 0.3) is 0 Å². The van der Waals surface area contributed by atoms with Gasteiger partial charge in [-0.2, -0.15) is 0 Å². The van der Waals surface area contributed by atoms with Gasteiger partial charge in [0.05, 0.1) is 0 Å². The van der Waals surface area contributed by atoms with E-state index >= 15 is 0 Å². The maximum absolute atomic E-state index is 5.55. The quantitative estimate of drug-likeness (QED) is 0.775. The van der Waals surface area contributed by atoms with Crippen LogP contribution in [-0.2, 0) is 6.54 Å². The van der Waals surface area contributed by atoms with Gasteiger partial charge in [0.15, 0.2) is 5.11 Å². The molecule has 0 atom stereocenters. The predicted molar refractivity (Wildman–Crippen MR) is 115 cm³/mol. The molecule has 2 aromatic carbocycles. The molecular formula is C22H29N3S. The van der Waals surface area contributed by atoms with E-state index in [1.54, 1.807) is 0 Å². The van der Waals surface area contributed by atoms with Crippen molar-refractivity contribution < 1.29 is 0 Å². The van der Waals surface area contributed by atoms with E-state index in [1.807, 2.05) is 0 Å². The minimum atomic E-state index is 0.453. The molecule has 1 aliphatic heterocycles. The van der Waals surface area contributed by atoms with E-state index in [4.69, 9.17) is 12.2 Å².